The molecule has 1 N–H and O–H groups in total. The van der Waals surface area contributed by atoms with Gasteiger partial charge >= 0.3 is 0 Å². The molecule has 0 spiro atoms. The largest absolute Gasteiger partial charge is 0.363 e. The Morgan fingerprint density at radius 2 is 2.07 bits per heavy atom. The maximum absolute atomic E-state index is 4.51. The van der Waals surface area contributed by atoms with Gasteiger partial charge in [-0.25, -0.2) is 4.98 Å². The van der Waals surface area contributed by atoms with E-state index in [0.29, 0.717) is 6.04 Å². The molecule has 0 unspecified atom stereocenters. The van der Waals surface area contributed by atoms with E-state index in [1.807, 2.05) is 37.2 Å². The molecular formula is C11H19N3. The minimum atomic E-state index is 0.500. The van der Waals surface area contributed by atoms with Gasteiger partial charge in [0.2, 0.25) is 0 Å². The fourth-order valence-corrected chi connectivity index (χ4v) is 1.12. The first kappa shape index (κ1) is 11.0. The molecule has 0 amide bonds. The summed E-state index contributed by atoms with van der Waals surface area (Å²) in [6.45, 7) is 5.10. The van der Waals surface area contributed by atoms with Gasteiger partial charge in [0.25, 0.3) is 0 Å². The van der Waals surface area contributed by atoms with Crippen molar-refractivity contribution in [2.75, 3.05) is 19.0 Å². The Hall–Kier alpha value is -1.09. The molecule has 0 aliphatic rings. The number of pyridine rings is 1. The SMILES string of the molecule is CC(C)NCc1cccc(N(C)C)n1. The molecule has 0 aromatic carbocycles. The molecule has 0 bridgehead atoms. The molecule has 1 aromatic rings. The van der Waals surface area contributed by atoms with E-state index in [1.54, 1.807) is 0 Å². The van der Waals surface area contributed by atoms with E-state index in [4.69, 9.17) is 0 Å². The number of aromatic nitrogens is 1. The van der Waals surface area contributed by atoms with E-state index in [1.165, 1.54) is 0 Å². The van der Waals surface area contributed by atoms with E-state index in [2.05, 4.69) is 24.1 Å². The van der Waals surface area contributed by atoms with Gasteiger partial charge in [-0.15, -0.1) is 0 Å². The summed E-state index contributed by atoms with van der Waals surface area (Å²) in [5.74, 6) is 1.01. The quantitative estimate of drug-likeness (QED) is 0.788. The highest BCUT2D eigenvalue weighted by Crippen LogP contribution is 2.07. The van der Waals surface area contributed by atoms with Crippen molar-refractivity contribution < 1.29 is 0 Å². The normalized spacial score (nSPS) is 10.6. The van der Waals surface area contributed by atoms with Crippen LogP contribution in [0.1, 0.15) is 19.5 Å². The third-order valence-corrected chi connectivity index (χ3v) is 1.94. The second-order valence-electron chi connectivity index (χ2n) is 3.92. The number of hydrogen-bond acceptors (Lipinski definition) is 3. The fraction of sp³-hybridized carbons (Fsp3) is 0.545. The Balaban J connectivity index is 2.64. The van der Waals surface area contributed by atoms with Crippen molar-refractivity contribution in [1.29, 1.82) is 0 Å². The van der Waals surface area contributed by atoms with Crippen LogP contribution in [0.2, 0.25) is 0 Å². The lowest BCUT2D eigenvalue weighted by molar-refractivity contribution is 0.581. The van der Waals surface area contributed by atoms with Crippen LogP contribution in [0.5, 0.6) is 0 Å². The van der Waals surface area contributed by atoms with E-state index in [9.17, 15) is 0 Å². The molecule has 14 heavy (non-hydrogen) atoms. The van der Waals surface area contributed by atoms with Crippen LogP contribution in [-0.4, -0.2) is 25.1 Å². The predicted octanol–water partition coefficient (Wildman–Crippen LogP) is 1.65. The molecule has 3 heteroatoms. The van der Waals surface area contributed by atoms with Gasteiger partial charge in [0, 0.05) is 26.7 Å². The van der Waals surface area contributed by atoms with E-state index < -0.39 is 0 Å². The Labute approximate surface area is 86.2 Å². The van der Waals surface area contributed by atoms with Crippen molar-refractivity contribution >= 4 is 5.82 Å². The molecule has 0 saturated heterocycles. The lowest BCUT2D eigenvalue weighted by Crippen LogP contribution is -2.22. The summed E-state index contributed by atoms with van der Waals surface area (Å²) < 4.78 is 0. The molecule has 0 radical (unpaired) electrons. The van der Waals surface area contributed by atoms with Gasteiger partial charge in [0.1, 0.15) is 5.82 Å². The van der Waals surface area contributed by atoms with Crippen LogP contribution in [0, 0.1) is 0 Å². The van der Waals surface area contributed by atoms with Gasteiger partial charge < -0.3 is 10.2 Å². The van der Waals surface area contributed by atoms with Crippen LogP contribution in [0.15, 0.2) is 18.2 Å². The molecule has 1 rings (SSSR count). The average Bonchev–Trinajstić information content (AvgIpc) is 2.15. The summed E-state index contributed by atoms with van der Waals surface area (Å²) in [5.41, 5.74) is 1.09. The second kappa shape index (κ2) is 4.96. The molecule has 3 nitrogen and oxygen atoms in total. The third-order valence-electron chi connectivity index (χ3n) is 1.94. The van der Waals surface area contributed by atoms with Crippen LogP contribution >= 0.6 is 0 Å². The predicted molar refractivity (Wildman–Crippen MR) is 60.5 cm³/mol. The lowest BCUT2D eigenvalue weighted by atomic mass is 10.3. The lowest BCUT2D eigenvalue weighted by Gasteiger charge is -2.13. The average molecular weight is 193 g/mol. The Kier molecular flexibility index (Phi) is 3.89. The fourth-order valence-electron chi connectivity index (χ4n) is 1.12. The van der Waals surface area contributed by atoms with Gasteiger partial charge in [0.05, 0.1) is 5.69 Å². The van der Waals surface area contributed by atoms with Crippen LogP contribution in [0.4, 0.5) is 5.82 Å². The van der Waals surface area contributed by atoms with Gasteiger partial charge in [-0.1, -0.05) is 19.9 Å². The molecule has 78 valence electrons. The van der Waals surface area contributed by atoms with Crippen LogP contribution in [0.25, 0.3) is 0 Å². The zero-order chi connectivity index (χ0) is 10.6. The minimum absolute atomic E-state index is 0.500. The first-order valence-corrected chi connectivity index (χ1v) is 4.96. The summed E-state index contributed by atoms with van der Waals surface area (Å²) in [7, 11) is 4.00. The summed E-state index contributed by atoms with van der Waals surface area (Å²) in [5, 5.41) is 3.35. The highest BCUT2D eigenvalue weighted by molar-refractivity contribution is 5.36. The van der Waals surface area contributed by atoms with Crippen molar-refractivity contribution in [3.63, 3.8) is 0 Å². The molecule has 1 heterocycles. The topological polar surface area (TPSA) is 28.2 Å². The van der Waals surface area contributed by atoms with E-state index in [0.717, 1.165) is 18.1 Å². The Bertz CT molecular complexity index is 282. The number of hydrogen-bond donors (Lipinski definition) is 1. The standard InChI is InChI=1S/C11H19N3/c1-9(2)12-8-10-6-5-7-11(13-10)14(3)4/h5-7,9,12H,8H2,1-4H3. The molecule has 0 atom stereocenters. The first-order valence-electron chi connectivity index (χ1n) is 4.96. The van der Waals surface area contributed by atoms with Crippen LogP contribution in [0.3, 0.4) is 0 Å². The number of nitrogens with zero attached hydrogens (tertiary/aromatic N) is 2. The number of anilines is 1. The number of rotatable bonds is 4. The van der Waals surface area contributed by atoms with Gasteiger partial charge in [-0.3, -0.25) is 0 Å². The second-order valence-corrected chi connectivity index (χ2v) is 3.92. The smallest absolute Gasteiger partial charge is 0.128 e. The highest BCUT2D eigenvalue weighted by Gasteiger charge is 1.99. The molecular weight excluding hydrogens is 174 g/mol. The molecule has 0 saturated carbocycles. The van der Waals surface area contributed by atoms with E-state index >= 15 is 0 Å². The summed E-state index contributed by atoms with van der Waals surface area (Å²) in [6.07, 6.45) is 0. The van der Waals surface area contributed by atoms with Gasteiger partial charge in [-0.05, 0) is 12.1 Å². The summed E-state index contributed by atoms with van der Waals surface area (Å²) in [4.78, 5) is 6.52. The molecule has 0 aliphatic heterocycles. The van der Waals surface area contributed by atoms with Crippen molar-refractivity contribution in [3.05, 3.63) is 23.9 Å². The number of nitrogens with one attached hydrogen (secondary N) is 1. The van der Waals surface area contributed by atoms with Crippen molar-refractivity contribution in [2.24, 2.45) is 0 Å². The van der Waals surface area contributed by atoms with Crippen LogP contribution < -0.4 is 10.2 Å². The van der Waals surface area contributed by atoms with Crippen molar-refractivity contribution in [1.82, 2.24) is 10.3 Å². The Morgan fingerprint density at radius 1 is 1.36 bits per heavy atom. The van der Waals surface area contributed by atoms with Gasteiger partial charge in [-0.2, -0.15) is 0 Å². The zero-order valence-corrected chi connectivity index (χ0v) is 9.41. The van der Waals surface area contributed by atoms with E-state index in [-0.39, 0.29) is 0 Å². The maximum atomic E-state index is 4.51. The highest BCUT2D eigenvalue weighted by atomic mass is 15.1. The molecule has 0 fully saturated rings. The molecule has 1 aromatic heterocycles. The van der Waals surface area contributed by atoms with Gasteiger partial charge in [0.15, 0.2) is 0 Å². The summed E-state index contributed by atoms with van der Waals surface area (Å²) >= 11 is 0. The van der Waals surface area contributed by atoms with Crippen molar-refractivity contribution in [2.45, 2.75) is 26.4 Å². The minimum Gasteiger partial charge on any atom is -0.363 e. The first-order chi connectivity index (χ1) is 6.59. The zero-order valence-electron chi connectivity index (χ0n) is 9.41. The maximum Gasteiger partial charge on any atom is 0.128 e. The third kappa shape index (κ3) is 3.34. The summed E-state index contributed by atoms with van der Waals surface area (Å²) in [6, 6.07) is 6.60. The monoisotopic (exact) mass is 193 g/mol. The van der Waals surface area contributed by atoms with Crippen LogP contribution in [-0.2, 0) is 6.54 Å². The molecule has 0 aliphatic carbocycles. The van der Waals surface area contributed by atoms with Crippen molar-refractivity contribution in [3.8, 4) is 0 Å². The Morgan fingerprint density at radius 3 is 2.64 bits per heavy atom.